The van der Waals surface area contributed by atoms with E-state index >= 15 is 0 Å². The zero-order chi connectivity index (χ0) is 9.38. The first-order valence-electron chi connectivity index (χ1n) is 4.73. The van der Waals surface area contributed by atoms with Gasteiger partial charge in [-0.25, -0.2) is 0 Å². The second-order valence-corrected chi connectivity index (χ2v) is 3.42. The molecular formula is C14H9W-. The van der Waals surface area contributed by atoms with Crippen LogP contribution >= 0.6 is 0 Å². The van der Waals surface area contributed by atoms with Crippen molar-refractivity contribution in [2.24, 2.45) is 0 Å². The van der Waals surface area contributed by atoms with Crippen LogP contribution in [-0.2, 0) is 21.1 Å². The summed E-state index contributed by atoms with van der Waals surface area (Å²) in [5.41, 5.74) is 0. The minimum Gasteiger partial charge on any atom is -0.143 e. The summed E-state index contributed by atoms with van der Waals surface area (Å²) in [6.07, 6.45) is 0. The van der Waals surface area contributed by atoms with E-state index in [0.29, 0.717) is 0 Å². The van der Waals surface area contributed by atoms with Gasteiger partial charge in [0.2, 0.25) is 0 Å². The molecule has 0 fully saturated rings. The van der Waals surface area contributed by atoms with E-state index in [0.717, 1.165) is 0 Å². The Bertz CT molecular complexity index is 544. The van der Waals surface area contributed by atoms with Crippen molar-refractivity contribution in [3.8, 4) is 0 Å². The van der Waals surface area contributed by atoms with E-state index in [1.807, 2.05) is 6.07 Å². The van der Waals surface area contributed by atoms with Crippen LogP contribution in [-0.4, -0.2) is 0 Å². The number of rotatable bonds is 0. The molecule has 3 aromatic rings. The van der Waals surface area contributed by atoms with Crippen molar-refractivity contribution in [2.75, 3.05) is 0 Å². The molecule has 0 aliphatic rings. The van der Waals surface area contributed by atoms with Gasteiger partial charge in [0.15, 0.2) is 0 Å². The quantitative estimate of drug-likeness (QED) is 0.422. The SMILES string of the molecule is [W].[c-]1cc2ccccc2c2ccccc12. The molecule has 3 rings (SSSR count). The monoisotopic (exact) mass is 361 g/mol. The summed E-state index contributed by atoms with van der Waals surface area (Å²) in [4.78, 5) is 0. The van der Waals surface area contributed by atoms with Crippen LogP contribution in [0.2, 0.25) is 0 Å². The molecule has 15 heavy (non-hydrogen) atoms. The molecular weight excluding hydrogens is 352 g/mol. The number of benzene rings is 3. The molecule has 0 unspecified atom stereocenters. The zero-order valence-corrected chi connectivity index (χ0v) is 11.0. The van der Waals surface area contributed by atoms with Crippen LogP contribution < -0.4 is 0 Å². The van der Waals surface area contributed by atoms with Crippen LogP contribution in [0.3, 0.4) is 0 Å². The minimum atomic E-state index is 0. The van der Waals surface area contributed by atoms with E-state index in [1.54, 1.807) is 0 Å². The third-order valence-corrected chi connectivity index (χ3v) is 2.56. The molecule has 0 saturated heterocycles. The predicted molar refractivity (Wildman–Crippen MR) is 60.3 cm³/mol. The Morgan fingerprint density at radius 1 is 0.733 bits per heavy atom. The second-order valence-electron chi connectivity index (χ2n) is 3.42. The summed E-state index contributed by atoms with van der Waals surface area (Å²) >= 11 is 0. The van der Waals surface area contributed by atoms with Crippen molar-refractivity contribution < 1.29 is 21.1 Å². The first kappa shape index (κ1) is 10.4. The summed E-state index contributed by atoms with van der Waals surface area (Å²) in [5.74, 6) is 0. The van der Waals surface area contributed by atoms with E-state index < -0.39 is 0 Å². The fourth-order valence-corrected chi connectivity index (χ4v) is 1.87. The Balaban J connectivity index is 0.000000853. The third kappa shape index (κ3) is 1.70. The largest absolute Gasteiger partial charge is 0.143 e. The average molecular weight is 361 g/mol. The Kier molecular flexibility index (Phi) is 2.88. The van der Waals surface area contributed by atoms with Gasteiger partial charge in [0.1, 0.15) is 0 Å². The van der Waals surface area contributed by atoms with Gasteiger partial charge >= 0.3 is 0 Å². The Hall–Kier alpha value is -1.13. The molecule has 0 N–H and O–H groups in total. The van der Waals surface area contributed by atoms with Crippen molar-refractivity contribution in [2.45, 2.75) is 0 Å². The van der Waals surface area contributed by atoms with Gasteiger partial charge in [-0.15, -0.1) is 35.0 Å². The zero-order valence-electron chi connectivity index (χ0n) is 8.10. The Labute approximate surface area is 103 Å². The summed E-state index contributed by atoms with van der Waals surface area (Å²) in [7, 11) is 0. The van der Waals surface area contributed by atoms with Crippen molar-refractivity contribution in [3.05, 3.63) is 60.7 Å². The normalized spacial score (nSPS) is 10.1. The maximum atomic E-state index is 3.29. The van der Waals surface area contributed by atoms with Gasteiger partial charge in [-0.05, 0) is 0 Å². The number of hydrogen-bond acceptors (Lipinski definition) is 0. The topological polar surface area (TPSA) is 0 Å². The van der Waals surface area contributed by atoms with Gasteiger partial charge in [0.05, 0.1) is 0 Å². The molecule has 0 bridgehead atoms. The van der Waals surface area contributed by atoms with Gasteiger partial charge in [0.25, 0.3) is 0 Å². The molecule has 0 atom stereocenters. The maximum absolute atomic E-state index is 3.29. The third-order valence-electron chi connectivity index (χ3n) is 2.56. The van der Waals surface area contributed by atoms with Crippen LogP contribution in [0.5, 0.6) is 0 Å². The molecule has 0 heterocycles. The standard InChI is InChI=1S/C14H9.W/c1-3-7-13-11(5-1)9-10-12-6-2-4-8-14(12)13;/h1-9H;/q-1;. The average Bonchev–Trinajstić information content (AvgIpc) is 2.29. The van der Waals surface area contributed by atoms with Crippen LogP contribution in [0.1, 0.15) is 0 Å². The van der Waals surface area contributed by atoms with Crippen LogP contribution in [0.4, 0.5) is 0 Å². The molecule has 0 saturated carbocycles. The predicted octanol–water partition coefficient (Wildman–Crippen LogP) is 3.79. The molecule has 0 aromatic heterocycles. The fraction of sp³-hybridized carbons (Fsp3) is 0. The summed E-state index contributed by atoms with van der Waals surface area (Å²) in [6, 6.07) is 22.1. The van der Waals surface area contributed by atoms with E-state index in [4.69, 9.17) is 0 Å². The first-order valence-corrected chi connectivity index (χ1v) is 4.73. The molecule has 0 spiro atoms. The van der Waals surface area contributed by atoms with Gasteiger partial charge < -0.3 is 0 Å². The van der Waals surface area contributed by atoms with E-state index in [1.165, 1.54) is 21.5 Å². The molecule has 0 nitrogen and oxygen atoms in total. The Morgan fingerprint density at radius 3 is 2.27 bits per heavy atom. The van der Waals surface area contributed by atoms with Crippen molar-refractivity contribution in [1.82, 2.24) is 0 Å². The van der Waals surface area contributed by atoms with Gasteiger partial charge in [-0.3, -0.25) is 0 Å². The molecule has 72 valence electrons. The van der Waals surface area contributed by atoms with E-state index in [2.05, 4.69) is 54.6 Å². The van der Waals surface area contributed by atoms with E-state index in [-0.39, 0.29) is 21.1 Å². The van der Waals surface area contributed by atoms with Crippen LogP contribution in [0, 0.1) is 6.07 Å². The minimum absolute atomic E-state index is 0. The van der Waals surface area contributed by atoms with Crippen molar-refractivity contribution >= 4 is 21.5 Å². The van der Waals surface area contributed by atoms with Crippen molar-refractivity contribution in [3.63, 3.8) is 0 Å². The van der Waals surface area contributed by atoms with E-state index in [9.17, 15) is 0 Å². The van der Waals surface area contributed by atoms with Crippen LogP contribution in [0.25, 0.3) is 21.5 Å². The summed E-state index contributed by atoms with van der Waals surface area (Å²) in [6.45, 7) is 0. The first-order chi connectivity index (χ1) is 6.95. The maximum Gasteiger partial charge on any atom is 0 e. The van der Waals surface area contributed by atoms with Gasteiger partial charge in [-0.1, -0.05) is 47.2 Å². The Morgan fingerprint density at radius 2 is 1.40 bits per heavy atom. The molecule has 3 aromatic carbocycles. The molecule has 0 aliphatic heterocycles. The second kappa shape index (κ2) is 4.16. The summed E-state index contributed by atoms with van der Waals surface area (Å²) < 4.78 is 0. The molecule has 1 heteroatoms. The van der Waals surface area contributed by atoms with Crippen LogP contribution in [0.15, 0.2) is 54.6 Å². The molecule has 0 amide bonds. The fourth-order valence-electron chi connectivity index (χ4n) is 1.87. The molecule has 0 radical (unpaired) electrons. The van der Waals surface area contributed by atoms with Crippen molar-refractivity contribution in [1.29, 1.82) is 0 Å². The van der Waals surface area contributed by atoms with Gasteiger partial charge in [-0.2, -0.15) is 0 Å². The van der Waals surface area contributed by atoms with Gasteiger partial charge in [0, 0.05) is 21.1 Å². The smallest absolute Gasteiger partial charge is 0 e. The number of hydrogen-bond donors (Lipinski definition) is 0. The number of fused-ring (bicyclic) bond motifs is 3. The molecule has 0 aliphatic carbocycles. The summed E-state index contributed by atoms with van der Waals surface area (Å²) in [5, 5.41) is 5.03.